The number of carbonyl (C=O) groups is 1. The zero-order chi connectivity index (χ0) is 16.0. The van der Waals surface area contributed by atoms with Gasteiger partial charge in [-0.1, -0.05) is 0 Å². The quantitative estimate of drug-likeness (QED) is 0.454. The number of hydrogen-bond donors (Lipinski definition) is 2. The van der Waals surface area contributed by atoms with Gasteiger partial charge < -0.3 is 10.4 Å². The number of nitrogens with one attached hydrogen (secondary N) is 1. The van der Waals surface area contributed by atoms with E-state index in [9.17, 15) is 13.6 Å². The second kappa shape index (κ2) is 9.72. The average molecular weight is 636 g/mol. The summed E-state index contributed by atoms with van der Waals surface area (Å²) in [6.45, 7) is -0.935. The van der Waals surface area contributed by atoms with Gasteiger partial charge in [-0.3, -0.25) is 9.69 Å². The summed E-state index contributed by atoms with van der Waals surface area (Å²) < 4.78 is 27.6. The Labute approximate surface area is 162 Å². The Morgan fingerprint density at radius 2 is 1.86 bits per heavy atom. The minimum absolute atomic E-state index is 0.0403. The van der Waals surface area contributed by atoms with E-state index >= 15 is 0 Å². The molecule has 0 radical (unpaired) electrons. The van der Waals surface area contributed by atoms with E-state index in [2.05, 4.69) is 73.1 Å². The number of benzene rings is 1. The van der Waals surface area contributed by atoms with Crippen molar-refractivity contribution in [3.05, 3.63) is 22.8 Å². The number of alkyl halides is 2. The first kappa shape index (κ1) is 19.7. The molecule has 0 aliphatic rings. The first-order valence-electron chi connectivity index (χ1n) is 5.89. The summed E-state index contributed by atoms with van der Waals surface area (Å²) >= 11 is 6.42. The Bertz CT molecular complexity index is 480. The minimum Gasteiger partial charge on any atom is -0.395 e. The predicted octanol–water partition coefficient (Wildman–Crippen LogP) is 3.00. The zero-order valence-electron chi connectivity index (χ0n) is 10.8. The van der Waals surface area contributed by atoms with Crippen LogP contribution in [0.2, 0.25) is 0 Å². The molecule has 0 aliphatic carbocycles. The SMILES string of the molecule is O=C(CN(CCO)CC(F)F)Nc1c(I)cc(I)cc1I. The van der Waals surface area contributed by atoms with Gasteiger partial charge in [-0.2, -0.15) is 0 Å². The van der Waals surface area contributed by atoms with E-state index in [4.69, 9.17) is 5.11 Å². The zero-order valence-corrected chi connectivity index (χ0v) is 17.2. The Morgan fingerprint density at radius 3 is 2.33 bits per heavy atom. The summed E-state index contributed by atoms with van der Waals surface area (Å²) in [7, 11) is 0. The molecule has 2 N–H and O–H groups in total. The maximum Gasteiger partial charge on any atom is 0.251 e. The van der Waals surface area contributed by atoms with E-state index in [1.54, 1.807) is 0 Å². The maximum atomic E-state index is 12.4. The van der Waals surface area contributed by atoms with Gasteiger partial charge in [0.2, 0.25) is 5.91 Å². The highest BCUT2D eigenvalue weighted by Crippen LogP contribution is 2.27. The van der Waals surface area contributed by atoms with Crippen LogP contribution in [0.3, 0.4) is 0 Å². The van der Waals surface area contributed by atoms with Crippen molar-refractivity contribution in [3.8, 4) is 0 Å². The molecule has 0 atom stereocenters. The van der Waals surface area contributed by atoms with Crippen molar-refractivity contribution in [3.63, 3.8) is 0 Å². The molecule has 4 nitrogen and oxygen atoms in total. The third-order valence-corrected chi connectivity index (χ3v) is 4.78. The van der Waals surface area contributed by atoms with Crippen LogP contribution in [0, 0.1) is 10.7 Å². The van der Waals surface area contributed by atoms with E-state index in [-0.39, 0.29) is 25.6 Å². The fourth-order valence-corrected chi connectivity index (χ4v) is 5.47. The first-order valence-corrected chi connectivity index (χ1v) is 9.13. The number of aliphatic hydroxyl groups is 1. The lowest BCUT2D eigenvalue weighted by molar-refractivity contribution is -0.117. The topological polar surface area (TPSA) is 52.6 Å². The number of anilines is 1. The molecule has 118 valence electrons. The van der Waals surface area contributed by atoms with Gasteiger partial charge in [0.1, 0.15) is 0 Å². The van der Waals surface area contributed by atoms with Crippen LogP contribution in [0.25, 0.3) is 0 Å². The highest BCUT2D eigenvalue weighted by molar-refractivity contribution is 14.1. The molecule has 0 bridgehead atoms. The molecule has 0 spiro atoms. The Kier molecular flexibility index (Phi) is 9.12. The van der Waals surface area contributed by atoms with Crippen molar-refractivity contribution < 1.29 is 18.7 Å². The second-order valence-corrected chi connectivity index (χ2v) is 7.71. The molecule has 0 unspecified atom stereocenters. The number of halogens is 5. The fourth-order valence-electron chi connectivity index (χ4n) is 1.62. The standard InChI is InChI=1S/C12H13F2I3N2O2/c13-10(14)5-19(1-2-20)6-11(21)18-12-8(16)3-7(15)4-9(12)17/h3-4,10,20H,1-2,5-6H2,(H,18,21). The van der Waals surface area contributed by atoms with Gasteiger partial charge in [-0.15, -0.1) is 0 Å². The van der Waals surface area contributed by atoms with Crippen molar-refractivity contribution in [2.45, 2.75) is 6.43 Å². The largest absolute Gasteiger partial charge is 0.395 e. The van der Waals surface area contributed by atoms with Gasteiger partial charge in [0, 0.05) is 17.3 Å². The predicted molar refractivity (Wildman–Crippen MR) is 103 cm³/mol. The van der Waals surface area contributed by atoms with E-state index in [1.165, 1.54) is 4.90 Å². The molecule has 1 aromatic rings. The van der Waals surface area contributed by atoms with Crippen molar-refractivity contribution in [1.29, 1.82) is 0 Å². The minimum atomic E-state index is -2.54. The van der Waals surface area contributed by atoms with E-state index in [0.29, 0.717) is 5.69 Å². The second-order valence-electron chi connectivity index (χ2n) is 4.14. The molecule has 0 saturated carbocycles. The number of rotatable bonds is 7. The summed E-state index contributed by atoms with van der Waals surface area (Å²) in [5, 5.41) is 11.6. The van der Waals surface area contributed by atoms with Crippen molar-refractivity contribution >= 4 is 79.4 Å². The van der Waals surface area contributed by atoms with Gasteiger partial charge in [-0.25, -0.2) is 8.78 Å². The van der Waals surface area contributed by atoms with Crippen LogP contribution in [-0.4, -0.2) is 48.6 Å². The maximum absolute atomic E-state index is 12.4. The van der Waals surface area contributed by atoms with E-state index in [0.717, 1.165) is 10.7 Å². The molecule has 1 aromatic carbocycles. The summed E-state index contributed by atoms with van der Waals surface area (Å²) in [5.74, 6) is -0.374. The molecule has 0 saturated heterocycles. The lowest BCUT2D eigenvalue weighted by atomic mass is 10.3. The lowest BCUT2D eigenvalue weighted by Gasteiger charge is -2.20. The van der Waals surface area contributed by atoms with Crippen LogP contribution in [0.1, 0.15) is 0 Å². The number of nitrogens with zero attached hydrogens (tertiary/aromatic N) is 1. The summed E-state index contributed by atoms with van der Waals surface area (Å²) in [4.78, 5) is 13.2. The molecular weight excluding hydrogens is 623 g/mol. The van der Waals surface area contributed by atoms with Crippen molar-refractivity contribution in [1.82, 2.24) is 4.90 Å². The summed E-state index contributed by atoms with van der Waals surface area (Å²) in [6.07, 6.45) is -2.54. The van der Waals surface area contributed by atoms with Gasteiger partial charge in [0.15, 0.2) is 0 Å². The van der Waals surface area contributed by atoms with E-state index < -0.39 is 13.0 Å². The average Bonchev–Trinajstić information content (AvgIpc) is 2.33. The summed E-state index contributed by atoms with van der Waals surface area (Å²) in [6, 6.07) is 3.84. The van der Waals surface area contributed by atoms with Crippen LogP contribution in [0.4, 0.5) is 14.5 Å². The van der Waals surface area contributed by atoms with Crippen LogP contribution in [0.15, 0.2) is 12.1 Å². The summed E-state index contributed by atoms with van der Waals surface area (Å²) in [5.41, 5.74) is 0.683. The molecule has 9 heteroatoms. The first-order chi connectivity index (χ1) is 9.83. The van der Waals surface area contributed by atoms with E-state index in [1.807, 2.05) is 12.1 Å². The number of hydrogen-bond acceptors (Lipinski definition) is 3. The lowest BCUT2D eigenvalue weighted by Crippen LogP contribution is -2.38. The highest BCUT2D eigenvalue weighted by Gasteiger charge is 2.17. The molecule has 0 fully saturated rings. The number of carbonyl (C=O) groups excluding carboxylic acids is 1. The van der Waals surface area contributed by atoms with Gasteiger partial charge in [-0.05, 0) is 79.9 Å². The monoisotopic (exact) mass is 636 g/mol. The molecule has 1 amide bonds. The normalized spacial score (nSPS) is 11.2. The number of aliphatic hydroxyl groups excluding tert-OH is 1. The van der Waals surface area contributed by atoms with Crippen LogP contribution >= 0.6 is 67.8 Å². The van der Waals surface area contributed by atoms with Crippen LogP contribution in [-0.2, 0) is 4.79 Å². The Hall–Kier alpha value is 0.660. The Balaban J connectivity index is 2.72. The van der Waals surface area contributed by atoms with Crippen LogP contribution < -0.4 is 5.32 Å². The van der Waals surface area contributed by atoms with Crippen molar-refractivity contribution in [2.75, 3.05) is 31.6 Å². The van der Waals surface area contributed by atoms with Gasteiger partial charge >= 0.3 is 0 Å². The third-order valence-electron chi connectivity index (χ3n) is 2.45. The van der Waals surface area contributed by atoms with Gasteiger partial charge in [0.05, 0.1) is 25.4 Å². The molecule has 21 heavy (non-hydrogen) atoms. The van der Waals surface area contributed by atoms with Gasteiger partial charge in [0.25, 0.3) is 6.43 Å². The molecule has 0 aliphatic heterocycles. The number of amides is 1. The molecular formula is C12H13F2I3N2O2. The van der Waals surface area contributed by atoms with Crippen LogP contribution in [0.5, 0.6) is 0 Å². The molecule has 0 aromatic heterocycles. The highest BCUT2D eigenvalue weighted by atomic mass is 127. The molecule has 1 rings (SSSR count). The molecule has 0 heterocycles. The smallest absolute Gasteiger partial charge is 0.251 e. The third kappa shape index (κ3) is 7.18. The fraction of sp³-hybridized carbons (Fsp3) is 0.417. The Morgan fingerprint density at radius 1 is 1.29 bits per heavy atom. The van der Waals surface area contributed by atoms with Crippen molar-refractivity contribution in [2.24, 2.45) is 0 Å².